The Morgan fingerprint density at radius 2 is 2.00 bits per heavy atom. The summed E-state index contributed by atoms with van der Waals surface area (Å²) in [6.45, 7) is 2.07. The zero-order valence-electron chi connectivity index (χ0n) is 14.5. The van der Waals surface area contributed by atoms with Crippen molar-refractivity contribution in [2.24, 2.45) is 0 Å². The zero-order valence-corrected chi connectivity index (χ0v) is 14.5. The molecule has 1 atom stereocenters. The molecule has 2 aliphatic heterocycles. The number of aromatic nitrogens is 4. The van der Waals surface area contributed by atoms with Gasteiger partial charge in [-0.3, -0.25) is 4.79 Å². The van der Waals surface area contributed by atoms with Crippen LogP contribution in [0.5, 0.6) is 0 Å². The molecule has 2 aromatic heterocycles. The molecular weight excluding hydrogens is 332 g/mol. The third-order valence-corrected chi connectivity index (χ3v) is 5.15. The number of hydrogen-bond donors (Lipinski definition) is 1. The maximum Gasteiger partial charge on any atom is 0.272 e. The first-order valence-corrected chi connectivity index (χ1v) is 8.97. The molecular formula is C18H22N6O2. The first-order valence-electron chi connectivity index (χ1n) is 8.97. The van der Waals surface area contributed by atoms with E-state index in [0.717, 1.165) is 25.7 Å². The molecule has 2 aromatic rings. The normalized spacial score (nSPS) is 22.2. The molecule has 136 valence electrons. The van der Waals surface area contributed by atoms with Crippen LogP contribution in [0.2, 0.25) is 0 Å². The maximum atomic E-state index is 12.5. The molecule has 8 heteroatoms. The molecule has 0 aromatic carbocycles. The van der Waals surface area contributed by atoms with Gasteiger partial charge in [-0.1, -0.05) is 0 Å². The number of carbonyl (C=O) groups is 1. The van der Waals surface area contributed by atoms with E-state index < -0.39 is 0 Å². The van der Waals surface area contributed by atoms with E-state index in [1.54, 1.807) is 30.7 Å². The number of nitrogens with one attached hydrogen (secondary N) is 1. The van der Waals surface area contributed by atoms with Gasteiger partial charge in [0.15, 0.2) is 0 Å². The Morgan fingerprint density at radius 1 is 1.19 bits per heavy atom. The number of ether oxygens (including phenoxy) is 1. The van der Waals surface area contributed by atoms with Crippen molar-refractivity contribution in [2.75, 3.05) is 25.0 Å². The quantitative estimate of drug-likeness (QED) is 0.893. The van der Waals surface area contributed by atoms with Gasteiger partial charge in [-0.25, -0.2) is 19.9 Å². The van der Waals surface area contributed by atoms with Crippen LogP contribution in [0.1, 0.15) is 36.2 Å². The smallest absolute Gasteiger partial charge is 0.272 e. The van der Waals surface area contributed by atoms with Crippen molar-refractivity contribution in [2.45, 2.75) is 37.3 Å². The Hall–Kier alpha value is -2.61. The van der Waals surface area contributed by atoms with E-state index in [9.17, 15) is 4.79 Å². The molecule has 4 heterocycles. The Balaban J connectivity index is 1.36. The monoisotopic (exact) mass is 354 g/mol. The highest BCUT2D eigenvalue weighted by atomic mass is 16.5. The minimum atomic E-state index is -0.173. The van der Waals surface area contributed by atoms with Crippen molar-refractivity contribution in [3.8, 4) is 0 Å². The molecule has 2 aliphatic rings. The molecule has 0 aliphatic carbocycles. The highest BCUT2D eigenvalue weighted by molar-refractivity contribution is 5.92. The van der Waals surface area contributed by atoms with Crippen LogP contribution in [0.15, 0.2) is 37.1 Å². The molecule has 0 saturated carbocycles. The van der Waals surface area contributed by atoms with Gasteiger partial charge in [0.05, 0.1) is 5.60 Å². The topological polar surface area (TPSA) is 93.1 Å². The Bertz CT molecular complexity index is 734. The average Bonchev–Trinajstić information content (AvgIpc) is 2.70. The van der Waals surface area contributed by atoms with E-state index in [1.807, 2.05) is 4.90 Å². The highest BCUT2D eigenvalue weighted by Gasteiger charge is 2.41. The second-order valence-electron chi connectivity index (χ2n) is 6.82. The van der Waals surface area contributed by atoms with Crippen LogP contribution in [0, 0.1) is 0 Å². The van der Waals surface area contributed by atoms with Gasteiger partial charge in [-0.05, 0) is 37.8 Å². The van der Waals surface area contributed by atoms with Gasteiger partial charge >= 0.3 is 0 Å². The van der Waals surface area contributed by atoms with Crippen LogP contribution in [0.25, 0.3) is 0 Å². The van der Waals surface area contributed by atoms with E-state index in [2.05, 4.69) is 25.3 Å². The molecule has 0 unspecified atom stereocenters. The van der Waals surface area contributed by atoms with Gasteiger partial charge in [-0.2, -0.15) is 0 Å². The number of likely N-dealkylation sites (tertiary alicyclic amines) is 1. The summed E-state index contributed by atoms with van der Waals surface area (Å²) in [5, 5.41) is 3.41. The SMILES string of the molecule is O=C(c1ccncn1)N1CCC2(CC1)C[C@@H](Nc1ncccn1)CCO2. The molecule has 2 saturated heterocycles. The Morgan fingerprint density at radius 3 is 2.73 bits per heavy atom. The number of anilines is 1. The molecule has 0 radical (unpaired) electrons. The number of hydrogen-bond acceptors (Lipinski definition) is 7. The summed E-state index contributed by atoms with van der Waals surface area (Å²) in [5.41, 5.74) is 0.272. The van der Waals surface area contributed by atoms with Crippen molar-refractivity contribution in [3.63, 3.8) is 0 Å². The fourth-order valence-electron chi connectivity index (χ4n) is 3.75. The second-order valence-corrected chi connectivity index (χ2v) is 6.82. The summed E-state index contributed by atoms with van der Waals surface area (Å²) >= 11 is 0. The second kappa shape index (κ2) is 7.33. The van der Waals surface area contributed by atoms with Crippen molar-refractivity contribution in [3.05, 3.63) is 42.7 Å². The standard InChI is InChI=1S/C18H22N6O2/c25-16(15-2-8-19-13-22-15)24-9-4-18(5-10-24)12-14(3-11-26-18)23-17-20-6-1-7-21-17/h1-2,6-8,13-14H,3-5,9-12H2,(H,20,21,23)/t14-/m0/s1. The summed E-state index contributed by atoms with van der Waals surface area (Å²) in [5.74, 6) is 0.622. The highest BCUT2D eigenvalue weighted by Crippen LogP contribution is 2.36. The fourth-order valence-corrected chi connectivity index (χ4v) is 3.75. The molecule has 8 nitrogen and oxygen atoms in total. The van der Waals surface area contributed by atoms with Crippen molar-refractivity contribution >= 4 is 11.9 Å². The number of piperidine rings is 1. The summed E-state index contributed by atoms with van der Waals surface area (Å²) in [6, 6.07) is 3.75. The van der Waals surface area contributed by atoms with Gasteiger partial charge in [0, 0.05) is 44.3 Å². The van der Waals surface area contributed by atoms with Crippen LogP contribution in [-0.2, 0) is 4.74 Å². The van der Waals surface area contributed by atoms with Crippen molar-refractivity contribution in [1.29, 1.82) is 0 Å². The summed E-state index contributed by atoms with van der Waals surface area (Å²) < 4.78 is 6.16. The van der Waals surface area contributed by atoms with Crippen LogP contribution in [0.3, 0.4) is 0 Å². The molecule has 2 fully saturated rings. The molecule has 4 rings (SSSR count). The van der Waals surface area contributed by atoms with Gasteiger partial charge in [-0.15, -0.1) is 0 Å². The number of amides is 1. The lowest BCUT2D eigenvalue weighted by molar-refractivity contribution is -0.110. The Labute approximate surface area is 152 Å². The largest absolute Gasteiger partial charge is 0.375 e. The fraction of sp³-hybridized carbons (Fsp3) is 0.500. The lowest BCUT2D eigenvalue weighted by Crippen LogP contribution is -2.52. The van der Waals surface area contributed by atoms with Crippen LogP contribution < -0.4 is 5.32 Å². The minimum Gasteiger partial charge on any atom is -0.375 e. The summed E-state index contributed by atoms with van der Waals surface area (Å²) in [7, 11) is 0. The van der Waals surface area contributed by atoms with Crippen LogP contribution in [-0.4, -0.2) is 62.1 Å². The molecule has 0 bridgehead atoms. The first-order chi connectivity index (χ1) is 12.7. The van der Waals surface area contributed by atoms with Crippen molar-refractivity contribution in [1.82, 2.24) is 24.8 Å². The minimum absolute atomic E-state index is 0.0366. The van der Waals surface area contributed by atoms with Gasteiger partial charge in [0.25, 0.3) is 5.91 Å². The summed E-state index contributed by atoms with van der Waals surface area (Å²) in [6.07, 6.45) is 9.98. The van der Waals surface area contributed by atoms with E-state index >= 15 is 0 Å². The number of rotatable bonds is 3. The molecule has 1 amide bonds. The predicted molar refractivity (Wildman–Crippen MR) is 94.5 cm³/mol. The van der Waals surface area contributed by atoms with Gasteiger partial charge < -0.3 is 15.0 Å². The number of nitrogens with zero attached hydrogens (tertiary/aromatic N) is 5. The summed E-state index contributed by atoms with van der Waals surface area (Å²) in [4.78, 5) is 30.8. The lowest BCUT2D eigenvalue weighted by atomic mass is 9.82. The number of carbonyl (C=O) groups excluding carboxylic acids is 1. The molecule has 26 heavy (non-hydrogen) atoms. The van der Waals surface area contributed by atoms with Crippen LogP contribution >= 0.6 is 0 Å². The lowest BCUT2D eigenvalue weighted by Gasteiger charge is -2.46. The molecule has 1 N–H and O–H groups in total. The van der Waals surface area contributed by atoms with Gasteiger partial charge in [0.2, 0.25) is 5.95 Å². The third-order valence-electron chi connectivity index (χ3n) is 5.15. The Kier molecular flexibility index (Phi) is 4.75. The maximum absolute atomic E-state index is 12.5. The third kappa shape index (κ3) is 3.65. The average molecular weight is 354 g/mol. The van der Waals surface area contributed by atoms with Gasteiger partial charge in [0.1, 0.15) is 12.0 Å². The van der Waals surface area contributed by atoms with E-state index in [-0.39, 0.29) is 17.6 Å². The predicted octanol–water partition coefficient (Wildman–Crippen LogP) is 1.53. The van der Waals surface area contributed by atoms with E-state index in [1.165, 1.54) is 6.33 Å². The zero-order chi connectivity index (χ0) is 17.8. The van der Waals surface area contributed by atoms with E-state index in [4.69, 9.17) is 4.74 Å². The molecule has 1 spiro atoms. The van der Waals surface area contributed by atoms with Crippen molar-refractivity contribution < 1.29 is 9.53 Å². The first kappa shape index (κ1) is 16.8. The van der Waals surface area contributed by atoms with Crippen LogP contribution in [0.4, 0.5) is 5.95 Å². The van der Waals surface area contributed by atoms with E-state index in [0.29, 0.717) is 31.3 Å².